The first-order chi connectivity index (χ1) is 9.64. The molecule has 0 aromatic heterocycles. The average molecular weight is 312 g/mol. The van der Waals surface area contributed by atoms with E-state index in [9.17, 15) is 18.0 Å². The summed E-state index contributed by atoms with van der Waals surface area (Å²) < 4.78 is 25.6. The van der Waals surface area contributed by atoms with Crippen LogP contribution in [0.2, 0.25) is 0 Å². The second-order valence-corrected chi connectivity index (χ2v) is 6.44. The minimum Gasteiger partial charge on any atom is -0.478 e. The molecular formula is C13H16N2O5S. The predicted molar refractivity (Wildman–Crippen MR) is 76.9 cm³/mol. The number of primary amides is 1. The van der Waals surface area contributed by atoms with Crippen LogP contribution in [0.1, 0.15) is 11.1 Å². The third-order valence-electron chi connectivity index (χ3n) is 2.70. The van der Waals surface area contributed by atoms with Crippen molar-refractivity contribution >= 4 is 28.0 Å². The van der Waals surface area contributed by atoms with Gasteiger partial charge in [0, 0.05) is 13.1 Å². The van der Waals surface area contributed by atoms with Crippen LogP contribution in [-0.4, -0.2) is 43.3 Å². The number of aliphatic carboxylic acids is 1. The monoisotopic (exact) mass is 312 g/mol. The summed E-state index contributed by atoms with van der Waals surface area (Å²) in [6.45, 7) is 1.17. The number of benzene rings is 1. The first-order valence-corrected chi connectivity index (χ1v) is 7.35. The second kappa shape index (κ2) is 6.51. The summed E-state index contributed by atoms with van der Waals surface area (Å²) in [5.74, 6) is -1.90. The number of nitrogens with zero attached hydrogens (tertiary/aromatic N) is 1. The van der Waals surface area contributed by atoms with Crippen LogP contribution in [0.5, 0.6) is 0 Å². The molecule has 1 amide bonds. The summed E-state index contributed by atoms with van der Waals surface area (Å²) in [6.07, 6.45) is 2.20. The van der Waals surface area contributed by atoms with E-state index in [2.05, 4.69) is 0 Å². The first kappa shape index (κ1) is 16.9. The zero-order valence-electron chi connectivity index (χ0n) is 11.6. The van der Waals surface area contributed by atoms with Crippen molar-refractivity contribution in [2.24, 2.45) is 5.73 Å². The van der Waals surface area contributed by atoms with E-state index >= 15 is 0 Å². The Labute approximate surface area is 122 Å². The highest BCUT2D eigenvalue weighted by Gasteiger charge is 2.24. The third kappa shape index (κ3) is 4.40. The van der Waals surface area contributed by atoms with Crippen LogP contribution in [0.3, 0.4) is 0 Å². The quantitative estimate of drug-likeness (QED) is 0.727. The number of nitrogens with two attached hydrogens (primary N) is 1. The molecule has 3 N–H and O–H groups in total. The Morgan fingerprint density at radius 2 is 2.00 bits per heavy atom. The van der Waals surface area contributed by atoms with Crippen LogP contribution >= 0.6 is 0 Å². The van der Waals surface area contributed by atoms with Crippen molar-refractivity contribution in [1.82, 2.24) is 4.31 Å². The molecule has 0 spiro atoms. The van der Waals surface area contributed by atoms with Crippen LogP contribution in [-0.2, 0) is 19.6 Å². The molecule has 0 heterocycles. The highest BCUT2D eigenvalue weighted by Crippen LogP contribution is 2.21. The Kier molecular flexibility index (Phi) is 5.23. The Balaban J connectivity index is 3.25. The van der Waals surface area contributed by atoms with Gasteiger partial charge in [0.1, 0.15) is 0 Å². The second-order valence-electron chi connectivity index (χ2n) is 4.42. The zero-order valence-corrected chi connectivity index (χ0v) is 12.4. The lowest BCUT2D eigenvalue weighted by atomic mass is 10.1. The number of carboxylic acid groups (broad SMARTS) is 1. The lowest BCUT2D eigenvalue weighted by molar-refractivity contribution is -0.131. The lowest BCUT2D eigenvalue weighted by Gasteiger charge is -2.17. The maximum Gasteiger partial charge on any atom is 0.328 e. The Bertz CT molecular complexity index is 695. The molecule has 0 aliphatic rings. The number of carbonyl (C=O) groups is 2. The van der Waals surface area contributed by atoms with E-state index in [0.717, 1.165) is 10.4 Å². The number of carboxylic acids is 1. The molecule has 0 saturated carbocycles. The Morgan fingerprint density at radius 3 is 2.52 bits per heavy atom. The fourth-order valence-corrected chi connectivity index (χ4v) is 3.03. The SMILES string of the molecule is Cc1ccc(C=CC(=O)O)cc1S(=O)(=O)N(C)CC(N)=O. The van der Waals surface area contributed by atoms with Crippen molar-refractivity contribution in [3.05, 3.63) is 35.4 Å². The molecule has 7 nitrogen and oxygen atoms in total. The van der Waals surface area contributed by atoms with Crippen molar-refractivity contribution in [2.75, 3.05) is 13.6 Å². The fourth-order valence-electron chi connectivity index (χ4n) is 1.64. The summed E-state index contributed by atoms with van der Waals surface area (Å²) >= 11 is 0. The van der Waals surface area contributed by atoms with Gasteiger partial charge in [0.2, 0.25) is 15.9 Å². The number of amides is 1. The van der Waals surface area contributed by atoms with Gasteiger partial charge in [-0.1, -0.05) is 12.1 Å². The number of sulfonamides is 1. The Morgan fingerprint density at radius 1 is 1.38 bits per heavy atom. The fraction of sp³-hybridized carbons (Fsp3) is 0.231. The zero-order chi connectivity index (χ0) is 16.2. The van der Waals surface area contributed by atoms with Crippen LogP contribution in [0, 0.1) is 6.92 Å². The molecule has 1 aromatic rings. The molecule has 114 valence electrons. The summed E-state index contributed by atoms with van der Waals surface area (Å²) in [6, 6.07) is 4.51. The van der Waals surface area contributed by atoms with Crippen molar-refractivity contribution in [3.63, 3.8) is 0 Å². The lowest BCUT2D eigenvalue weighted by Crippen LogP contribution is -2.35. The van der Waals surface area contributed by atoms with Gasteiger partial charge in [-0.05, 0) is 30.2 Å². The van der Waals surface area contributed by atoms with Gasteiger partial charge in [-0.2, -0.15) is 4.31 Å². The van der Waals surface area contributed by atoms with Crippen molar-refractivity contribution in [1.29, 1.82) is 0 Å². The minimum atomic E-state index is -3.87. The highest BCUT2D eigenvalue weighted by molar-refractivity contribution is 7.89. The minimum absolute atomic E-state index is 0.00112. The van der Waals surface area contributed by atoms with Crippen molar-refractivity contribution in [3.8, 4) is 0 Å². The molecule has 0 radical (unpaired) electrons. The van der Waals surface area contributed by atoms with Crippen molar-refractivity contribution < 1.29 is 23.1 Å². The van der Waals surface area contributed by atoms with E-state index < -0.39 is 28.4 Å². The highest BCUT2D eigenvalue weighted by atomic mass is 32.2. The Hall–Kier alpha value is -2.19. The molecule has 21 heavy (non-hydrogen) atoms. The molecule has 0 saturated heterocycles. The number of hydrogen-bond acceptors (Lipinski definition) is 4. The van der Waals surface area contributed by atoms with Gasteiger partial charge in [-0.3, -0.25) is 4.79 Å². The van der Waals surface area contributed by atoms with Crippen LogP contribution < -0.4 is 5.73 Å². The largest absolute Gasteiger partial charge is 0.478 e. The molecule has 0 fully saturated rings. The van der Waals surface area contributed by atoms with Gasteiger partial charge in [0.25, 0.3) is 0 Å². The van der Waals surface area contributed by atoms with Gasteiger partial charge in [0.15, 0.2) is 0 Å². The van der Waals surface area contributed by atoms with Crippen LogP contribution in [0.25, 0.3) is 6.08 Å². The summed E-state index contributed by atoms with van der Waals surface area (Å²) in [5, 5.41) is 8.58. The first-order valence-electron chi connectivity index (χ1n) is 5.91. The summed E-state index contributed by atoms with van der Waals surface area (Å²) in [4.78, 5) is 21.3. The van der Waals surface area contributed by atoms with E-state index in [1.807, 2.05) is 0 Å². The molecular weight excluding hydrogens is 296 g/mol. The maximum absolute atomic E-state index is 12.4. The van der Waals surface area contributed by atoms with E-state index in [0.29, 0.717) is 11.1 Å². The van der Waals surface area contributed by atoms with Gasteiger partial charge >= 0.3 is 5.97 Å². The molecule has 0 aliphatic carbocycles. The van der Waals surface area contributed by atoms with Gasteiger partial charge in [-0.25, -0.2) is 13.2 Å². The topological polar surface area (TPSA) is 118 Å². The number of hydrogen-bond donors (Lipinski definition) is 2. The molecule has 0 aliphatic heterocycles. The third-order valence-corrected chi connectivity index (χ3v) is 4.64. The van der Waals surface area contributed by atoms with Crippen LogP contribution in [0.15, 0.2) is 29.2 Å². The number of carbonyl (C=O) groups excluding carboxylic acids is 1. The molecule has 1 rings (SSSR count). The van der Waals surface area contributed by atoms with Gasteiger partial charge < -0.3 is 10.8 Å². The van der Waals surface area contributed by atoms with Gasteiger partial charge in [0.05, 0.1) is 11.4 Å². The van der Waals surface area contributed by atoms with E-state index in [1.165, 1.54) is 19.2 Å². The van der Waals surface area contributed by atoms with E-state index in [-0.39, 0.29) is 4.90 Å². The maximum atomic E-state index is 12.4. The van der Waals surface area contributed by atoms with Crippen molar-refractivity contribution in [2.45, 2.75) is 11.8 Å². The van der Waals surface area contributed by atoms with Crippen LogP contribution in [0.4, 0.5) is 0 Å². The molecule has 8 heteroatoms. The molecule has 0 unspecified atom stereocenters. The number of rotatable bonds is 6. The number of aryl methyl sites for hydroxylation is 1. The average Bonchev–Trinajstić information content (AvgIpc) is 2.36. The summed E-state index contributed by atoms with van der Waals surface area (Å²) in [5.41, 5.74) is 5.91. The van der Waals surface area contributed by atoms with E-state index in [4.69, 9.17) is 10.8 Å². The van der Waals surface area contributed by atoms with Gasteiger partial charge in [-0.15, -0.1) is 0 Å². The molecule has 1 aromatic carbocycles. The smallest absolute Gasteiger partial charge is 0.328 e. The van der Waals surface area contributed by atoms with E-state index in [1.54, 1.807) is 19.1 Å². The summed E-state index contributed by atoms with van der Waals surface area (Å²) in [7, 11) is -2.63. The predicted octanol–water partition coefficient (Wildman–Crippen LogP) is 0.199. The molecule has 0 atom stereocenters. The normalized spacial score (nSPS) is 12.0. The standard InChI is InChI=1S/C13H16N2O5S/c1-9-3-4-10(5-6-13(17)18)7-11(9)21(19,20)15(2)8-12(14)16/h3-7H,8H2,1-2H3,(H2,14,16)(H,17,18). The number of likely N-dealkylation sites (N-methyl/N-ethyl adjacent to an activating group) is 1. The molecule has 0 bridgehead atoms.